The van der Waals surface area contributed by atoms with E-state index in [0.29, 0.717) is 33.6 Å². The van der Waals surface area contributed by atoms with Crippen molar-refractivity contribution < 1.29 is 19.1 Å². The van der Waals surface area contributed by atoms with E-state index in [-0.39, 0.29) is 30.2 Å². The van der Waals surface area contributed by atoms with Gasteiger partial charge in [-0.05, 0) is 31.0 Å². The zero-order chi connectivity index (χ0) is 18.0. The Balaban J connectivity index is 2.20. The molecule has 0 fully saturated rings. The molecule has 25 heavy (non-hydrogen) atoms. The summed E-state index contributed by atoms with van der Waals surface area (Å²) >= 11 is 0. The van der Waals surface area contributed by atoms with Crippen molar-refractivity contribution in [3.63, 3.8) is 0 Å². The summed E-state index contributed by atoms with van der Waals surface area (Å²) in [4.78, 5) is 37.5. The monoisotopic (exact) mass is 334 g/mol. The molecule has 126 valence electrons. The fourth-order valence-corrected chi connectivity index (χ4v) is 3.05. The zero-order valence-electron chi connectivity index (χ0n) is 14.2. The van der Waals surface area contributed by atoms with Gasteiger partial charge >= 0.3 is 0 Å². The Kier molecular flexibility index (Phi) is 4.61. The third-order valence-corrected chi connectivity index (χ3v) is 4.30. The molecule has 0 radical (unpaired) electrons. The van der Waals surface area contributed by atoms with Gasteiger partial charge in [0.15, 0.2) is 11.6 Å². The molecule has 0 spiro atoms. The third kappa shape index (κ3) is 3.15. The molecule has 4 heteroatoms. The summed E-state index contributed by atoms with van der Waals surface area (Å²) in [5.74, 6) is 0.211. The average Bonchev–Trinajstić information content (AvgIpc) is 2.63. The van der Waals surface area contributed by atoms with Crippen LogP contribution in [0.4, 0.5) is 0 Å². The SMILES string of the molecule is COc1cccc(C2=C(CCC(C)=O)C(=O)c3ccccc3C2=O)c1. The van der Waals surface area contributed by atoms with Gasteiger partial charge in [0.2, 0.25) is 0 Å². The lowest BCUT2D eigenvalue weighted by Crippen LogP contribution is -2.22. The molecule has 0 atom stereocenters. The number of ether oxygens (including phenoxy) is 1. The van der Waals surface area contributed by atoms with Crippen molar-refractivity contribution in [2.24, 2.45) is 0 Å². The molecule has 1 aliphatic rings. The molecule has 0 aromatic heterocycles. The molecule has 0 unspecified atom stereocenters. The van der Waals surface area contributed by atoms with E-state index in [2.05, 4.69) is 0 Å². The quantitative estimate of drug-likeness (QED) is 0.832. The van der Waals surface area contributed by atoms with Gasteiger partial charge in [0.25, 0.3) is 0 Å². The fourth-order valence-electron chi connectivity index (χ4n) is 3.05. The molecule has 0 aliphatic heterocycles. The summed E-state index contributed by atoms with van der Waals surface area (Å²) in [6.45, 7) is 1.48. The average molecular weight is 334 g/mol. The van der Waals surface area contributed by atoms with Gasteiger partial charge in [-0.2, -0.15) is 0 Å². The molecular formula is C21H18O4. The maximum absolute atomic E-state index is 13.1. The number of methoxy groups -OCH3 is 1. The number of allylic oxidation sites excluding steroid dienone is 2. The van der Waals surface area contributed by atoms with Gasteiger partial charge in [-0.1, -0.05) is 36.4 Å². The van der Waals surface area contributed by atoms with Gasteiger partial charge in [-0.3, -0.25) is 9.59 Å². The summed E-state index contributed by atoms with van der Waals surface area (Å²) in [5, 5.41) is 0. The number of rotatable bonds is 5. The van der Waals surface area contributed by atoms with Crippen LogP contribution in [0, 0.1) is 0 Å². The first-order valence-corrected chi connectivity index (χ1v) is 8.08. The van der Waals surface area contributed by atoms with Crippen LogP contribution in [0.1, 0.15) is 46.0 Å². The number of carbonyl (C=O) groups excluding carboxylic acids is 3. The molecule has 0 amide bonds. The minimum Gasteiger partial charge on any atom is -0.497 e. The van der Waals surface area contributed by atoms with Crippen LogP contribution in [-0.2, 0) is 4.79 Å². The number of benzene rings is 2. The van der Waals surface area contributed by atoms with Crippen LogP contribution in [-0.4, -0.2) is 24.5 Å². The van der Waals surface area contributed by atoms with Crippen molar-refractivity contribution in [1.82, 2.24) is 0 Å². The number of carbonyl (C=O) groups is 3. The molecular weight excluding hydrogens is 316 g/mol. The molecule has 0 N–H and O–H groups in total. The largest absolute Gasteiger partial charge is 0.497 e. The highest BCUT2D eigenvalue weighted by molar-refractivity contribution is 6.40. The van der Waals surface area contributed by atoms with Crippen LogP contribution in [0.15, 0.2) is 54.1 Å². The topological polar surface area (TPSA) is 60.4 Å². The van der Waals surface area contributed by atoms with Crippen LogP contribution in [0.25, 0.3) is 5.57 Å². The molecule has 2 aromatic rings. The van der Waals surface area contributed by atoms with Gasteiger partial charge in [0.1, 0.15) is 11.5 Å². The highest BCUT2D eigenvalue weighted by atomic mass is 16.5. The summed E-state index contributed by atoms with van der Waals surface area (Å²) in [6.07, 6.45) is 0.477. The Hall–Kier alpha value is -3.01. The van der Waals surface area contributed by atoms with E-state index in [9.17, 15) is 14.4 Å². The summed E-state index contributed by atoms with van der Waals surface area (Å²) in [5.41, 5.74) is 2.19. The van der Waals surface area contributed by atoms with Crippen LogP contribution in [0.2, 0.25) is 0 Å². The number of hydrogen-bond acceptors (Lipinski definition) is 4. The van der Waals surface area contributed by atoms with Crippen molar-refractivity contribution in [1.29, 1.82) is 0 Å². The van der Waals surface area contributed by atoms with Gasteiger partial charge < -0.3 is 9.53 Å². The highest BCUT2D eigenvalue weighted by Gasteiger charge is 2.32. The summed E-state index contributed by atoms with van der Waals surface area (Å²) in [6, 6.07) is 13.9. The lowest BCUT2D eigenvalue weighted by molar-refractivity contribution is -0.116. The third-order valence-electron chi connectivity index (χ3n) is 4.30. The van der Waals surface area contributed by atoms with Gasteiger partial charge in [-0.15, -0.1) is 0 Å². The standard InChI is InChI=1S/C21H18O4/c1-13(22)10-11-18-19(14-6-5-7-15(12-14)25-2)21(24)17-9-4-3-8-16(17)20(18)23/h3-9,12H,10-11H2,1-2H3. The van der Waals surface area contributed by atoms with Crippen LogP contribution < -0.4 is 4.74 Å². The van der Waals surface area contributed by atoms with Crippen LogP contribution >= 0.6 is 0 Å². The molecule has 4 nitrogen and oxygen atoms in total. The summed E-state index contributed by atoms with van der Waals surface area (Å²) in [7, 11) is 1.55. The van der Waals surface area contributed by atoms with Crippen molar-refractivity contribution in [2.75, 3.05) is 7.11 Å². The smallest absolute Gasteiger partial charge is 0.194 e. The van der Waals surface area contributed by atoms with Crippen molar-refractivity contribution in [3.05, 3.63) is 70.8 Å². The predicted molar refractivity (Wildman–Crippen MR) is 94.9 cm³/mol. The van der Waals surface area contributed by atoms with E-state index >= 15 is 0 Å². The lowest BCUT2D eigenvalue weighted by Gasteiger charge is -2.21. The van der Waals surface area contributed by atoms with Gasteiger partial charge in [0.05, 0.1) is 7.11 Å². The molecule has 3 rings (SSSR count). The Morgan fingerprint density at radius 2 is 1.64 bits per heavy atom. The van der Waals surface area contributed by atoms with E-state index in [4.69, 9.17) is 4.74 Å². The molecule has 0 saturated carbocycles. The molecule has 1 aliphatic carbocycles. The van der Waals surface area contributed by atoms with E-state index in [1.807, 2.05) is 0 Å². The zero-order valence-corrected chi connectivity index (χ0v) is 14.2. The first-order valence-electron chi connectivity index (χ1n) is 8.08. The Morgan fingerprint density at radius 3 is 2.28 bits per heavy atom. The first-order chi connectivity index (χ1) is 12.0. The molecule has 0 heterocycles. The Labute approximate surface area is 146 Å². The molecule has 0 bridgehead atoms. The highest BCUT2D eigenvalue weighted by Crippen LogP contribution is 2.35. The Bertz CT molecular complexity index is 906. The minimum absolute atomic E-state index is 0.0170. The number of Topliss-reactive ketones (excluding diaryl/α,β-unsaturated/α-hetero) is 3. The fraction of sp³-hybridized carbons (Fsp3) is 0.190. The van der Waals surface area contributed by atoms with E-state index in [1.54, 1.807) is 55.6 Å². The predicted octanol–water partition coefficient (Wildman–Crippen LogP) is 3.90. The second-order valence-electron chi connectivity index (χ2n) is 5.99. The van der Waals surface area contributed by atoms with E-state index < -0.39 is 0 Å². The maximum Gasteiger partial charge on any atom is 0.194 e. The second-order valence-corrected chi connectivity index (χ2v) is 5.99. The lowest BCUT2D eigenvalue weighted by atomic mass is 9.79. The number of hydrogen-bond donors (Lipinski definition) is 0. The molecule has 0 saturated heterocycles. The van der Waals surface area contributed by atoms with Crippen molar-refractivity contribution in [3.8, 4) is 5.75 Å². The molecule has 2 aromatic carbocycles. The normalized spacial score (nSPS) is 13.7. The first kappa shape index (κ1) is 16.8. The maximum atomic E-state index is 13.1. The van der Waals surface area contributed by atoms with Crippen LogP contribution in [0.5, 0.6) is 5.75 Å². The van der Waals surface area contributed by atoms with Crippen molar-refractivity contribution >= 4 is 22.9 Å². The van der Waals surface area contributed by atoms with E-state index in [0.717, 1.165) is 0 Å². The minimum atomic E-state index is -0.193. The Morgan fingerprint density at radius 1 is 0.960 bits per heavy atom. The number of fused-ring (bicyclic) bond motifs is 1. The van der Waals surface area contributed by atoms with Gasteiger partial charge in [-0.25, -0.2) is 0 Å². The van der Waals surface area contributed by atoms with Crippen LogP contribution in [0.3, 0.4) is 0 Å². The number of ketones is 3. The van der Waals surface area contributed by atoms with Gasteiger partial charge in [0, 0.05) is 28.7 Å². The van der Waals surface area contributed by atoms with E-state index in [1.165, 1.54) is 6.92 Å². The summed E-state index contributed by atoms with van der Waals surface area (Å²) < 4.78 is 5.24. The van der Waals surface area contributed by atoms with Crippen molar-refractivity contribution in [2.45, 2.75) is 19.8 Å². The second kappa shape index (κ2) is 6.85.